The normalized spacial score (nSPS) is 12.8. The molecule has 110 valence electrons. The van der Waals surface area contributed by atoms with Crippen LogP contribution in [0.4, 0.5) is 0 Å². The Morgan fingerprint density at radius 2 is 1.74 bits per heavy atom. The Labute approximate surface area is 118 Å². The van der Waals surface area contributed by atoms with E-state index in [1.165, 1.54) is 63.5 Å². The molecule has 0 saturated carbocycles. The molecule has 3 heteroatoms. The fourth-order valence-electron chi connectivity index (χ4n) is 2.54. The number of rotatable bonds is 11. The number of nitrogens with one attached hydrogen (secondary N) is 1. The Bertz CT molecular complexity index is 320. The maximum atomic E-state index is 4.48. The predicted molar refractivity (Wildman–Crippen MR) is 82.2 cm³/mol. The lowest BCUT2D eigenvalue weighted by Gasteiger charge is -2.13. The molecule has 3 nitrogen and oxygen atoms in total. The van der Waals surface area contributed by atoms with Crippen LogP contribution in [-0.4, -0.2) is 16.8 Å². The summed E-state index contributed by atoms with van der Waals surface area (Å²) in [5.74, 6) is 0. The lowest BCUT2D eigenvalue weighted by Crippen LogP contribution is -2.17. The largest absolute Gasteiger partial charge is 0.312 e. The van der Waals surface area contributed by atoms with Gasteiger partial charge in [0.25, 0.3) is 0 Å². The Kier molecular flexibility index (Phi) is 8.55. The fourth-order valence-corrected chi connectivity index (χ4v) is 2.54. The molecule has 0 aliphatic carbocycles. The van der Waals surface area contributed by atoms with Gasteiger partial charge < -0.3 is 5.32 Å². The Hall–Kier alpha value is -0.830. The third kappa shape index (κ3) is 6.76. The highest BCUT2D eigenvalue weighted by Gasteiger charge is 2.11. The van der Waals surface area contributed by atoms with Gasteiger partial charge in [0.2, 0.25) is 0 Å². The van der Waals surface area contributed by atoms with Gasteiger partial charge in [-0.25, -0.2) is 0 Å². The van der Waals surface area contributed by atoms with Gasteiger partial charge in [0, 0.05) is 13.2 Å². The van der Waals surface area contributed by atoms with Gasteiger partial charge in [0.1, 0.15) is 0 Å². The van der Waals surface area contributed by atoms with E-state index in [0.717, 1.165) is 0 Å². The van der Waals surface area contributed by atoms with Crippen LogP contribution in [0.25, 0.3) is 0 Å². The van der Waals surface area contributed by atoms with Crippen molar-refractivity contribution in [2.24, 2.45) is 7.05 Å². The van der Waals surface area contributed by atoms with Crippen molar-refractivity contribution in [2.75, 3.05) is 7.05 Å². The van der Waals surface area contributed by atoms with Gasteiger partial charge in [0.15, 0.2) is 0 Å². The first-order valence-corrected chi connectivity index (χ1v) is 7.94. The zero-order valence-electron chi connectivity index (χ0n) is 13.0. The monoisotopic (exact) mass is 265 g/mol. The minimum absolute atomic E-state index is 0.418. The molecule has 1 heterocycles. The van der Waals surface area contributed by atoms with Crippen LogP contribution < -0.4 is 5.32 Å². The molecule has 0 amide bonds. The predicted octanol–water partition coefficient (Wildman–Crippen LogP) is 4.21. The Morgan fingerprint density at radius 3 is 2.26 bits per heavy atom. The van der Waals surface area contributed by atoms with E-state index in [4.69, 9.17) is 0 Å². The number of aromatic nitrogens is 2. The first kappa shape index (κ1) is 16.2. The summed E-state index contributed by atoms with van der Waals surface area (Å²) in [5.41, 5.74) is 1.17. The zero-order valence-corrected chi connectivity index (χ0v) is 13.0. The topological polar surface area (TPSA) is 29.9 Å². The minimum atomic E-state index is 0.418. The van der Waals surface area contributed by atoms with Crippen LogP contribution >= 0.6 is 0 Å². The number of unbranched alkanes of at least 4 members (excludes halogenated alkanes) is 7. The lowest BCUT2D eigenvalue weighted by atomic mass is 10.0. The van der Waals surface area contributed by atoms with E-state index < -0.39 is 0 Å². The van der Waals surface area contributed by atoms with Crippen LogP contribution in [0, 0.1) is 0 Å². The van der Waals surface area contributed by atoms with E-state index >= 15 is 0 Å². The second-order valence-electron chi connectivity index (χ2n) is 5.52. The van der Waals surface area contributed by atoms with E-state index in [0.29, 0.717) is 6.04 Å². The SMILES string of the molecule is CCCCCCCCCCC(NC)c1ccn(C)n1. The van der Waals surface area contributed by atoms with Crippen molar-refractivity contribution in [2.45, 2.75) is 70.8 Å². The smallest absolute Gasteiger partial charge is 0.0793 e. The fraction of sp³-hybridized carbons (Fsp3) is 0.812. The van der Waals surface area contributed by atoms with E-state index in [9.17, 15) is 0 Å². The summed E-state index contributed by atoms with van der Waals surface area (Å²) >= 11 is 0. The molecular weight excluding hydrogens is 234 g/mol. The van der Waals surface area contributed by atoms with E-state index in [2.05, 4.69) is 23.4 Å². The molecule has 0 fully saturated rings. The summed E-state index contributed by atoms with van der Waals surface area (Å²) in [6.07, 6.45) is 14.3. The van der Waals surface area contributed by atoms with Crippen molar-refractivity contribution in [3.63, 3.8) is 0 Å². The summed E-state index contributed by atoms with van der Waals surface area (Å²) in [7, 11) is 4.01. The third-order valence-corrected chi connectivity index (χ3v) is 3.79. The first-order valence-electron chi connectivity index (χ1n) is 7.94. The molecule has 0 radical (unpaired) electrons. The summed E-state index contributed by atoms with van der Waals surface area (Å²) in [5, 5.41) is 7.86. The van der Waals surface area contributed by atoms with Crippen LogP contribution in [0.15, 0.2) is 12.3 Å². The lowest BCUT2D eigenvalue weighted by molar-refractivity contribution is 0.482. The van der Waals surface area contributed by atoms with Crippen LogP contribution in [-0.2, 0) is 7.05 Å². The highest BCUT2D eigenvalue weighted by Crippen LogP contribution is 2.18. The maximum Gasteiger partial charge on any atom is 0.0793 e. The van der Waals surface area contributed by atoms with Gasteiger partial charge in [-0.3, -0.25) is 4.68 Å². The number of hydrogen-bond acceptors (Lipinski definition) is 2. The van der Waals surface area contributed by atoms with Crippen molar-refractivity contribution in [3.05, 3.63) is 18.0 Å². The zero-order chi connectivity index (χ0) is 13.9. The number of nitrogens with zero attached hydrogens (tertiary/aromatic N) is 2. The average molecular weight is 265 g/mol. The number of hydrogen-bond donors (Lipinski definition) is 1. The van der Waals surface area contributed by atoms with E-state index in [-0.39, 0.29) is 0 Å². The molecule has 1 atom stereocenters. The van der Waals surface area contributed by atoms with Gasteiger partial charge in [-0.1, -0.05) is 58.3 Å². The Balaban J connectivity index is 2.07. The second-order valence-corrected chi connectivity index (χ2v) is 5.52. The highest BCUT2D eigenvalue weighted by molar-refractivity contribution is 5.04. The summed E-state index contributed by atoms with van der Waals surface area (Å²) in [6, 6.07) is 2.53. The van der Waals surface area contributed by atoms with E-state index in [1.807, 2.05) is 25.0 Å². The van der Waals surface area contributed by atoms with Crippen LogP contribution in [0.1, 0.15) is 76.4 Å². The molecule has 1 unspecified atom stereocenters. The molecule has 0 bridgehead atoms. The summed E-state index contributed by atoms with van der Waals surface area (Å²) in [4.78, 5) is 0. The molecule has 1 N–H and O–H groups in total. The quantitative estimate of drug-likeness (QED) is 0.607. The maximum absolute atomic E-state index is 4.48. The van der Waals surface area contributed by atoms with Crippen LogP contribution in [0.5, 0.6) is 0 Å². The minimum Gasteiger partial charge on any atom is -0.312 e. The summed E-state index contributed by atoms with van der Waals surface area (Å²) < 4.78 is 1.88. The van der Waals surface area contributed by atoms with Crippen molar-refractivity contribution in [1.82, 2.24) is 15.1 Å². The third-order valence-electron chi connectivity index (χ3n) is 3.79. The standard InChI is InChI=1S/C16H31N3/c1-4-5-6-7-8-9-10-11-12-15(17-2)16-13-14-19(3)18-16/h13-15,17H,4-12H2,1-3H3. The average Bonchev–Trinajstić information content (AvgIpc) is 2.83. The second kappa shape index (κ2) is 10.0. The van der Waals surface area contributed by atoms with Crippen molar-refractivity contribution in [3.8, 4) is 0 Å². The van der Waals surface area contributed by atoms with Gasteiger partial charge in [0.05, 0.1) is 11.7 Å². The molecular formula is C16H31N3. The first-order chi connectivity index (χ1) is 9.27. The molecule has 0 aliphatic rings. The van der Waals surface area contributed by atoms with Crippen LogP contribution in [0.2, 0.25) is 0 Å². The van der Waals surface area contributed by atoms with Gasteiger partial charge in [-0.15, -0.1) is 0 Å². The van der Waals surface area contributed by atoms with Crippen molar-refractivity contribution >= 4 is 0 Å². The Morgan fingerprint density at radius 1 is 1.11 bits per heavy atom. The number of aryl methyl sites for hydroxylation is 1. The summed E-state index contributed by atoms with van der Waals surface area (Å²) in [6.45, 7) is 2.27. The molecule has 19 heavy (non-hydrogen) atoms. The molecule has 1 aromatic heterocycles. The van der Waals surface area contributed by atoms with E-state index in [1.54, 1.807) is 0 Å². The molecule has 0 saturated heterocycles. The molecule has 0 aliphatic heterocycles. The highest BCUT2D eigenvalue weighted by atomic mass is 15.3. The van der Waals surface area contributed by atoms with Gasteiger partial charge in [-0.2, -0.15) is 5.10 Å². The van der Waals surface area contributed by atoms with Crippen LogP contribution in [0.3, 0.4) is 0 Å². The molecule has 0 aromatic carbocycles. The van der Waals surface area contributed by atoms with Crippen molar-refractivity contribution in [1.29, 1.82) is 0 Å². The molecule has 0 spiro atoms. The van der Waals surface area contributed by atoms with Gasteiger partial charge in [-0.05, 0) is 19.5 Å². The van der Waals surface area contributed by atoms with Gasteiger partial charge >= 0.3 is 0 Å². The molecule has 1 rings (SSSR count). The van der Waals surface area contributed by atoms with Crippen molar-refractivity contribution < 1.29 is 0 Å². The molecule has 1 aromatic rings.